The number of aromatic nitrogens is 2. The average Bonchev–Trinajstić information content (AvgIpc) is 2.62. The van der Waals surface area contributed by atoms with Gasteiger partial charge in [0, 0.05) is 0 Å². The molecule has 0 aliphatic heterocycles. The van der Waals surface area contributed by atoms with Gasteiger partial charge in [-0.25, -0.2) is 0 Å². The van der Waals surface area contributed by atoms with Gasteiger partial charge in [0.25, 0.3) is 5.91 Å². The van der Waals surface area contributed by atoms with Crippen molar-refractivity contribution in [2.45, 2.75) is 38.7 Å². The van der Waals surface area contributed by atoms with E-state index in [0.717, 1.165) is 31.4 Å². The van der Waals surface area contributed by atoms with E-state index in [2.05, 4.69) is 15.5 Å². The fourth-order valence-electron chi connectivity index (χ4n) is 1.87. The maximum Gasteiger partial charge on any atom is 0.253 e. The lowest BCUT2D eigenvalue weighted by atomic mass is 9.81. The van der Waals surface area contributed by atoms with Crippen LogP contribution in [0.15, 0.2) is 6.20 Å². The zero-order valence-corrected chi connectivity index (χ0v) is 9.36. The number of aromatic amines is 1. The van der Waals surface area contributed by atoms with Crippen LogP contribution in [-0.4, -0.2) is 27.3 Å². The molecular weight excluding hydrogens is 206 g/mol. The summed E-state index contributed by atoms with van der Waals surface area (Å²) in [6, 6.07) is 0. The first-order valence-corrected chi connectivity index (χ1v) is 5.73. The number of anilines is 1. The summed E-state index contributed by atoms with van der Waals surface area (Å²) in [4.78, 5) is 11.7. The van der Waals surface area contributed by atoms with Crippen molar-refractivity contribution in [3.8, 4) is 0 Å². The predicted molar refractivity (Wildman–Crippen MR) is 59.9 cm³/mol. The van der Waals surface area contributed by atoms with Crippen LogP contribution >= 0.6 is 0 Å². The van der Waals surface area contributed by atoms with Crippen LogP contribution in [0, 0.1) is 5.92 Å². The van der Waals surface area contributed by atoms with Gasteiger partial charge in [-0.15, -0.1) is 0 Å². The highest BCUT2D eigenvalue weighted by Crippen LogP contribution is 2.30. The zero-order chi connectivity index (χ0) is 11.5. The molecule has 1 saturated carbocycles. The second kappa shape index (κ2) is 4.65. The Kier molecular flexibility index (Phi) is 3.24. The molecule has 5 heteroatoms. The number of amides is 1. The molecule has 88 valence electrons. The monoisotopic (exact) mass is 223 g/mol. The Morgan fingerprint density at radius 3 is 3.06 bits per heavy atom. The van der Waals surface area contributed by atoms with Gasteiger partial charge >= 0.3 is 0 Å². The van der Waals surface area contributed by atoms with E-state index >= 15 is 0 Å². The first kappa shape index (κ1) is 11.1. The maximum absolute atomic E-state index is 11.7. The number of nitrogens with zero attached hydrogens (tertiary/aromatic N) is 1. The molecule has 0 spiro atoms. The van der Waals surface area contributed by atoms with Crippen molar-refractivity contribution in [2.24, 2.45) is 5.92 Å². The zero-order valence-electron chi connectivity index (χ0n) is 9.36. The molecule has 0 radical (unpaired) electrons. The molecule has 1 aromatic heterocycles. The van der Waals surface area contributed by atoms with Crippen molar-refractivity contribution in [2.75, 3.05) is 5.32 Å². The Bertz CT molecular complexity index is 371. The van der Waals surface area contributed by atoms with Crippen molar-refractivity contribution in [3.05, 3.63) is 11.9 Å². The van der Waals surface area contributed by atoms with E-state index in [1.807, 2.05) is 6.92 Å². The van der Waals surface area contributed by atoms with Gasteiger partial charge in [0.15, 0.2) is 0 Å². The van der Waals surface area contributed by atoms with Crippen LogP contribution in [0.4, 0.5) is 5.69 Å². The third-order valence-electron chi connectivity index (χ3n) is 3.19. The Hall–Kier alpha value is -1.36. The van der Waals surface area contributed by atoms with Crippen LogP contribution in [0.25, 0.3) is 0 Å². The minimum absolute atomic E-state index is 0.136. The van der Waals surface area contributed by atoms with Crippen molar-refractivity contribution in [3.63, 3.8) is 0 Å². The van der Waals surface area contributed by atoms with E-state index in [-0.39, 0.29) is 11.8 Å². The van der Waals surface area contributed by atoms with Crippen LogP contribution in [-0.2, 0) is 11.2 Å². The molecule has 1 fully saturated rings. The SMILES string of the molecule is CCc1[nH]ncc1NC(=O)[C@H](O)C1CCC1. The van der Waals surface area contributed by atoms with Crippen LogP contribution in [0.5, 0.6) is 0 Å². The largest absolute Gasteiger partial charge is 0.383 e. The van der Waals surface area contributed by atoms with Crippen molar-refractivity contribution in [1.29, 1.82) is 0 Å². The number of hydrogen-bond donors (Lipinski definition) is 3. The molecule has 1 atom stereocenters. The molecule has 2 rings (SSSR count). The summed E-state index contributed by atoms with van der Waals surface area (Å²) < 4.78 is 0. The maximum atomic E-state index is 11.7. The van der Waals surface area contributed by atoms with Gasteiger partial charge in [0.05, 0.1) is 17.6 Å². The Morgan fingerprint density at radius 2 is 2.50 bits per heavy atom. The fraction of sp³-hybridized carbons (Fsp3) is 0.636. The van der Waals surface area contributed by atoms with E-state index in [0.29, 0.717) is 5.69 Å². The molecule has 0 bridgehead atoms. The lowest BCUT2D eigenvalue weighted by Crippen LogP contribution is -2.37. The van der Waals surface area contributed by atoms with Gasteiger partial charge in [0.2, 0.25) is 0 Å². The summed E-state index contributed by atoms with van der Waals surface area (Å²) in [7, 11) is 0. The molecule has 1 heterocycles. The van der Waals surface area contributed by atoms with E-state index in [1.165, 1.54) is 0 Å². The minimum atomic E-state index is -0.881. The Balaban J connectivity index is 1.95. The summed E-state index contributed by atoms with van der Waals surface area (Å²) in [5, 5.41) is 19.1. The van der Waals surface area contributed by atoms with Crippen LogP contribution in [0.3, 0.4) is 0 Å². The fourth-order valence-corrected chi connectivity index (χ4v) is 1.87. The summed E-state index contributed by atoms with van der Waals surface area (Å²) in [6.07, 6.45) is 4.47. The van der Waals surface area contributed by atoms with Gasteiger partial charge in [-0.2, -0.15) is 5.10 Å². The standard InChI is InChI=1S/C11H17N3O2/c1-2-8-9(6-12-14-8)13-11(16)10(15)7-4-3-5-7/h6-7,10,15H,2-5H2,1H3,(H,12,14)(H,13,16)/t10-/m1/s1. The minimum Gasteiger partial charge on any atom is -0.383 e. The molecule has 16 heavy (non-hydrogen) atoms. The van der Waals surface area contributed by atoms with Crippen LogP contribution < -0.4 is 5.32 Å². The van der Waals surface area contributed by atoms with Gasteiger partial charge < -0.3 is 10.4 Å². The van der Waals surface area contributed by atoms with Gasteiger partial charge in [-0.1, -0.05) is 13.3 Å². The second-order valence-corrected chi connectivity index (χ2v) is 4.24. The highest BCUT2D eigenvalue weighted by Gasteiger charge is 2.31. The first-order valence-electron chi connectivity index (χ1n) is 5.73. The normalized spacial score (nSPS) is 17.9. The predicted octanol–water partition coefficient (Wildman–Crippen LogP) is 1.07. The molecule has 1 aliphatic carbocycles. The number of aliphatic hydroxyl groups excluding tert-OH is 1. The summed E-state index contributed by atoms with van der Waals surface area (Å²) in [6.45, 7) is 1.98. The number of carbonyl (C=O) groups excluding carboxylic acids is 1. The number of carbonyl (C=O) groups is 1. The van der Waals surface area contributed by atoms with E-state index in [4.69, 9.17) is 0 Å². The lowest BCUT2D eigenvalue weighted by molar-refractivity contribution is -0.128. The number of hydrogen-bond acceptors (Lipinski definition) is 3. The van der Waals surface area contributed by atoms with Gasteiger partial charge in [0.1, 0.15) is 6.10 Å². The summed E-state index contributed by atoms with van der Waals surface area (Å²) in [5.41, 5.74) is 1.56. The van der Waals surface area contributed by atoms with Crippen LogP contribution in [0.2, 0.25) is 0 Å². The molecule has 3 N–H and O–H groups in total. The number of nitrogens with one attached hydrogen (secondary N) is 2. The Morgan fingerprint density at radius 1 is 1.75 bits per heavy atom. The third-order valence-corrected chi connectivity index (χ3v) is 3.19. The van der Waals surface area contributed by atoms with E-state index in [1.54, 1.807) is 6.20 Å². The molecule has 1 aromatic rings. The molecule has 1 aliphatic rings. The number of rotatable bonds is 4. The third kappa shape index (κ3) is 2.09. The quantitative estimate of drug-likeness (QED) is 0.714. The summed E-state index contributed by atoms with van der Waals surface area (Å²) >= 11 is 0. The number of aryl methyl sites for hydroxylation is 1. The van der Waals surface area contributed by atoms with Crippen LogP contribution in [0.1, 0.15) is 31.9 Å². The molecule has 5 nitrogen and oxygen atoms in total. The molecule has 0 saturated heterocycles. The average molecular weight is 223 g/mol. The molecule has 1 amide bonds. The van der Waals surface area contributed by atoms with Crippen molar-refractivity contribution < 1.29 is 9.90 Å². The first-order chi connectivity index (χ1) is 7.72. The summed E-state index contributed by atoms with van der Waals surface area (Å²) in [5.74, 6) is -0.183. The Labute approximate surface area is 94.2 Å². The molecule has 0 aromatic carbocycles. The van der Waals surface area contributed by atoms with Gasteiger partial charge in [-0.05, 0) is 25.2 Å². The van der Waals surface area contributed by atoms with E-state index < -0.39 is 6.10 Å². The number of aliphatic hydroxyl groups is 1. The highest BCUT2D eigenvalue weighted by molar-refractivity contribution is 5.94. The van der Waals surface area contributed by atoms with Crippen molar-refractivity contribution in [1.82, 2.24) is 10.2 Å². The molecule has 0 unspecified atom stereocenters. The van der Waals surface area contributed by atoms with Gasteiger partial charge in [-0.3, -0.25) is 9.89 Å². The number of H-pyrrole nitrogens is 1. The highest BCUT2D eigenvalue weighted by atomic mass is 16.3. The van der Waals surface area contributed by atoms with Crippen molar-refractivity contribution >= 4 is 11.6 Å². The topological polar surface area (TPSA) is 78.0 Å². The lowest BCUT2D eigenvalue weighted by Gasteiger charge is -2.29. The molecular formula is C11H17N3O2. The smallest absolute Gasteiger partial charge is 0.253 e. The second-order valence-electron chi connectivity index (χ2n) is 4.24. The van der Waals surface area contributed by atoms with E-state index in [9.17, 15) is 9.90 Å².